The lowest BCUT2D eigenvalue weighted by Gasteiger charge is -2.49. The smallest absolute Gasteiger partial charge is 0.248 e. The van der Waals surface area contributed by atoms with Crippen LogP contribution in [0.5, 0.6) is 0 Å². The number of aliphatic hydroxyl groups is 3. The molecule has 0 bridgehead atoms. The van der Waals surface area contributed by atoms with Crippen LogP contribution in [0.1, 0.15) is 43.2 Å². The number of carbonyl (C=O) groups is 1. The van der Waals surface area contributed by atoms with E-state index < -0.39 is 23.3 Å². The molecule has 2 aliphatic rings. The van der Waals surface area contributed by atoms with Crippen molar-refractivity contribution in [1.82, 2.24) is 14.9 Å². The van der Waals surface area contributed by atoms with Gasteiger partial charge >= 0.3 is 0 Å². The Hall–Kier alpha value is -2.99. The Bertz CT molecular complexity index is 1510. The summed E-state index contributed by atoms with van der Waals surface area (Å²) < 4.78 is 0. The van der Waals surface area contributed by atoms with Crippen LogP contribution in [0.4, 0.5) is 0 Å². The van der Waals surface area contributed by atoms with Gasteiger partial charge in [-0.3, -0.25) is 4.79 Å². The van der Waals surface area contributed by atoms with E-state index in [0.717, 1.165) is 37.1 Å². The Morgan fingerprint density at radius 2 is 1.68 bits per heavy atom. The summed E-state index contributed by atoms with van der Waals surface area (Å²) in [7, 11) is 0. The maximum Gasteiger partial charge on any atom is 0.248 e. The molecule has 208 valence electrons. The van der Waals surface area contributed by atoms with Crippen LogP contribution in [0.15, 0.2) is 60.8 Å². The average molecular weight is 577 g/mol. The van der Waals surface area contributed by atoms with Crippen LogP contribution >= 0.6 is 22.7 Å². The summed E-state index contributed by atoms with van der Waals surface area (Å²) in [4.78, 5) is 25.0. The maximum absolute atomic E-state index is 11.8. The fourth-order valence-electron chi connectivity index (χ4n) is 5.91. The molecule has 1 amide bonds. The molecule has 6 rings (SSSR count). The fourth-order valence-corrected chi connectivity index (χ4v) is 8.10. The highest BCUT2D eigenvalue weighted by atomic mass is 32.1. The van der Waals surface area contributed by atoms with E-state index in [1.807, 2.05) is 49.4 Å². The molecule has 1 saturated carbocycles. The molecule has 4 aromatic rings. The number of rotatable bonds is 6. The number of hydrogen-bond donors (Lipinski definition) is 4. The number of carbonyl (C=O) groups excluding carboxylic acids is 1. The Balaban J connectivity index is 1.30. The van der Waals surface area contributed by atoms with E-state index in [-0.39, 0.29) is 5.91 Å². The zero-order valence-electron chi connectivity index (χ0n) is 22.2. The third kappa shape index (κ3) is 5.00. The van der Waals surface area contributed by atoms with Crippen LogP contribution in [0.3, 0.4) is 0 Å². The number of likely N-dealkylation sites (tertiary alicyclic amines) is 1. The standard InChI is InChI=1S/C30H32N4O4S2/c1-28(37)17-29(31,18-28)21-9-7-19(8-10-21)24-25(20-5-3-2-4-6-20)40-26(33-24)22-15-32-27(39-22)30(38)11-13-34(14-12-30)23(36)16-35/h2-10,15,35,37-38H,11-14,16-18,31H2,1H3. The molecule has 0 spiro atoms. The van der Waals surface area contributed by atoms with Crippen molar-refractivity contribution in [3.63, 3.8) is 0 Å². The van der Waals surface area contributed by atoms with Crippen molar-refractivity contribution in [1.29, 1.82) is 0 Å². The van der Waals surface area contributed by atoms with E-state index in [2.05, 4.69) is 17.1 Å². The van der Waals surface area contributed by atoms with Gasteiger partial charge in [0.25, 0.3) is 0 Å². The summed E-state index contributed by atoms with van der Waals surface area (Å²) in [6.45, 7) is 2.05. The van der Waals surface area contributed by atoms with Crippen LogP contribution in [0, 0.1) is 0 Å². The van der Waals surface area contributed by atoms with E-state index in [1.165, 1.54) is 11.3 Å². The number of benzene rings is 2. The van der Waals surface area contributed by atoms with E-state index in [4.69, 9.17) is 15.8 Å². The predicted octanol–water partition coefficient (Wildman–Crippen LogP) is 4.10. The molecule has 2 aromatic carbocycles. The number of piperidine rings is 1. The minimum Gasteiger partial charge on any atom is -0.390 e. The minimum absolute atomic E-state index is 0.320. The van der Waals surface area contributed by atoms with Crippen LogP contribution in [0.25, 0.3) is 31.6 Å². The Morgan fingerprint density at radius 3 is 2.30 bits per heavy atom. The van der Waals surface area contributed by atoms with Crippen LogP contribution in [-0.2, 0) is 15.9 Å². The van der Waals surface area contributed by atoms with Gasteiger partial charge in [0.1, 0.15) is 22.2 Å². The van der Waals surface area contributed by atoms with Gasteiger partial charge in [-0.1, -0.05) is 54.6 Å². The lowest BCUT2D eigenvalue weighted by molar-refractivity contribution is -0.138. The second-order valence-corrected chi connectivity index (χ2v) is 13.3. The molecule has 2 fully saturated rings. The third-order valence-electron chi connectivity index (χ3n) is 7.98. The van der Waals surface area contributed by atoms with Gasteiger partial charge in [-0.05, 0) is 30.9 Å². The van der Waals surface area contributed by atoms with Gasteiger partial charge in [0, 0.05) is 43.2 Å². The molecule has 40 heavy (non-hydrogen) atoms. The summed E-state index contributed by atoms with van der Waals surface area (Å²) >= 11 is 3.02. The maximum atomic E-state index is 11.8. The largest absolute Gasteiger partial charge is 0.390 e. The summed E-state index contributed by atoms with van der Waals surface area (Å²) in [6, 6.07) is 18.3. The zero-order valence-corrected chi connectivity index (χ0v) is 23.8. The number of nitrogens with zero attached hydrogens (tertiary/aromatic N) is 3. The van der Waals surface area contributed by atoms with E-state index in [0.29, 0.717) is 43.8 Å². The topological polar surface area (TPSA) is 133 Å². The van der Waals surface area contributed by atoms with Crippen LogP contribution in [-0.4, -0.2) is 61.4 Å². The minimum atomic E-state index is -1.11. The van der Waals surface area contributed by atoms with Crippen LogP contribution < -0.4 is 5.73 Å². The normalized spacial score (nSPS) is 24.1. The molecule has 5 N–H and O–H groups in total. The molecule has 1 saturated heterocycles. The molecular weight excluding hydrogens is 544 g/mol. The molecule has 3 heterocycles. The molecular formula is C30H32N4O4S2. The van der Waals surface area contributed by atoms with Crippen molar-refractivity contribution in [2.24, 2.45) is 5.73 Å². The number of aromatic nitrogens is 2. The first-order valence-electron chi connectivity index (χ1n) is 13.4. The first kappa shape index (κ1) is 27.2. The van der Waals surface area contributed by atoms with Crippen molar-refractivity contribution < 1.29 is 20.1 Å². The van der Waals surface area contributed by atoms with Gasteiger partial charge < -0.3 is 26.0 Å². The highest BCUT2D eigenvalue weighted by molar-refractivity contribution is 7.23. The number of nitrogens with two attached hydrogens (primary N) is 1. The first-order chi connectivity index (χ1) is 19.1. The second kappa shape index (κ2) is 10.1. The molecule has 0 radical (unpaired) electrons. The molecule has 0 unspecified atom stereocenters. The van der Waals surface area contributed by atoms with Gasteiger partial charge in [-0.15, -0.1) is 22.7 Å². The zero-order chi connectivity index (χ0) is 28.1. The van der Waals surface area contributed by atoms with Crippen molar-refractivity contribution in [3.8, 4) is 31.6 Å². The Morgan fingerprint density at radius 1 is 1.00 bits per heavy atom. The second-order valence-electron chi connectivity index (χ2n) is 11.2. The summed E-state index contributed by atoms with van der Waals surface area (Å²) in [5.74, 6) is -0.320. The third-order valence-corrected chi connectivity index (χ3v) is 10.4. The van der Waals surface area contributed by atoms with Crippen LogP contribution in [0.2, 0.25) is 0 Å². The molecule has 1 aliphatic carbocycles. The molecule has 8 nitrogen and oxygen atoms in total. The first-order valence-corrected chi connectivity index (χ1v) is 15.0. The predicted molar refractivity (Wildman–Crippen MR) is 157 cm³/mol. The van der Waals surface area contributed by atoms with Crippen molar-refractivity contribution >= 4 is 28.6 Å². The monoisotopic (exact) mass is 576 g/mol. The average Bonchev–Trinajstić information content (AvgIpc) is 3.61. The lowest BCUT2D eigenvalue weighted by Crippen LogP contribution is -2.58. The molecule has 2 aromatic heterocycles. The summed E-state index contributed by atoms with van der Waals surface area (Å²) in [6.07, 6.45) is 3.57. The van der Waals surface area contributed by atoms with E-state index in [1.54, 1.807) is 22.4 Å². The fraction of sp³-hybridized carbons (Fsp3) is 0.367. The highest BCUT2D eigenvalue weighted by Crippen LogP contribution is 2.47. The van der Waals surface area contributed by atoms with Gasteiger partial charge in [0.05, 0.1) is 21.0 Å². The van der Waals surface area contributed by atoms with E-state index in [9.17, 15) is 15.0 Å². The van der Waals surface area contributed by atoms with Crippen molar-refractivity contribution in [3.05, 3.63) is 71.4 Å². The number of thiazole rings is 2. The number of amides is 1. The van der Waals surface area contributed by atoms with Gasteiger partial charge in [0.2, 0.25) is 5.91 Å². The van der Waals surface area contributed by atoms with E-state index >= 15 is 0 Å². The van der Waals surface area contributed by atoms with Gasteiger partial charge in [0.15, 0.2) is 0 Å². The van der Waals surface area contributed by atoms with Crippen molar-refractivity contribution in [2.75, 3.05) is 19.7 Å². The SMILES string of the molecule is CC1(O)CC(N)(c2ccc(-c3nc(-c4cnc(C5(O)CCN(C(=O)CO)CC5)s4)sc3-c3ccccc3)cc2)C1. The van der Waals surface area contributed by atoms with Gasteiger partial charge in [-0.25, -0.2) is 9.97 Å². The number of hydrogen-bond acceptors (Lipinski definition) is 9. The quantitative estimate of drug-likeness (QED) is 0.272. The van der Waals surface area contributed by atoms with Crippen molar-refractivity contribution in [2.45, 2.75) is 49.3 Å². The summed E-state index contributed by atoms with van der Waals surface area (Å²) in [5, 5.41) is 32.2. The number of aliphatic hydroxyl groups excluding tert-OH is 1. The molecule has 0 atom stereocenters. The highest BCUT2D eigenvalue weighted by Gasteiger charge is 2.49. The molecule has 1 aliphatic heterocycles. The summed E-state index contributed by atoms with van der Waals surface area (Å²) in [5.41, 5.74) is 8.14. The molecule has 10 heteroatoms. The lowest BCUT2D eigenvalue weighted by atomic mass is 9.63. The Kier molecular flexibility index (Phi) is 6.89. The van der Waals surface area contributed by atoms with Gasteiger partial charge in [-0.2, -0.15) is 0 Å². The Labute approximate surface area is 240 Å².